The van der Waals surface area contributed by atoms with E-state index in [9.17, 15) is 14.7 Å². The van der Waals surface area contributed by atoms with Gasteiger partial charge in [-0.05, 0) is 53.9 Å². The van der Waals surface area contributed by atoms with Gasteiger partial charge in [-0.1, -0.05) is 48.5 Å². The number of amides is 1. The van der Waals surface area contributed by atoms with Crippen LogP contribution in [0.5, 0.6) is 0 Å². The molecule has 3 aliphatic rings. The second-order valence-electron chi connectivity index (χ2n) is 8.22. The van der Waals surface area contributed by atoms with Crippen molar-refractivity contribution in [1.29, 1.82) is 0 Å². The number of carboxylic acids is 1. The van der Waals surface area contributed by atoms with E-state index in [-0.39, 0.29) is 24.5 Å². The number of hydrogen-bond acceptors (Lipinski definition) is 3. The van der Waals surface area contributed by atoms with Crippen LogP contribution in [0.15, 0.2) is 48.5 Å². The normalized spacial score (nSPS) is 27.3. The molecule has 28 heavy (non-hydrogen) atoms. The number of carbonyl (C=O) groups is 2. The highest BCUT2D eigenvalue weighted by Gasteiger charge is 2.60. The number of carbonyl (C=O) groups excluding carboxylic acids is 1. The van der Waals surface area contributed by atoms with E-state index in [0.717, 1.165) is 12.8 Å². The van der Waals surface area contributed by atoms with Gasteiger partial charge >= 0.3 is 12.1 Å². The lowest BCUT2D eigenvalue weighted by Crippen LogP contribution is -2.50. The molecule has 144 valence electrons. The van der Waals surface area contributed by atoms with Crippen molar-refractivity contribution in [3.8, 4) is 11.1 Å². The molecule has 2 N–H and O–H groups in total. The lowest BCUT2D eigenvalue weighted by molar-refractivity contribution is -0.159. The summed E-state index contributed by atoms with van der Waals surface area (Å²) in [5, 5.41) is 12.5. The third-order valence-corrected chi connectivity index (χ3v) is 7.07. The molecule has 5 rings (SSSR count). The van der Waals surface area contributed by atoms with Crippen LogP contribution in [-0.4, -0.2) is 29.8 Å². The molecule has 1 amide bonds. The van der Waals surface area contributed by atoms with Crippen LogP contribution >= 0.6 is 0 Å². The maximum atomic E-state index is 12.4. The second kappa shape index (κ2) is 6.36. The average Bonchev–Trinajstić information content (AvgIpc) is 3.12. The van der Waals surface area contributed by atoms with Crippen molar-refractivity contribution in [1.82, 2.24) is 5.32 Å². The third-order valence-electron chi connectivity index (χ3n) is 7.07. The summed E-state index contributed by atoms with van der Waals surface area (Å²) >= 11 is 0. The van der Waals surface area contributed by atoms with Gasteiger partial charge in [-0.2, -0.15) is 0 Å². The first-order chi connectivity index (χ1) is 13.6. The Morgan fingerprint density at radius 1 is 1.00 bits per heavy atom. The Balaban J connectivity index is 1.26. The van der Waals surface area contributed by atoms with E-state index < -0.39 is 17.5 Å². The van der Waals surface area contributed by atoms with Crippen LogP contribution in [-0.2, 0) is 9.53 Å². The quantitative estimate of drug-likeness (QED) is 0.839. The third kappa shape index (κ3) is 2.45. The molecule has 0 aromatic heterocycles. The Morgan fingerprint density at radius 2 is 1.61 bits per heavy atom. The highest BCUT2D eigenvalue weighted by Crippen LogP contribution is 2.57. The number of alkyl carbamates (subject to hydrolysis) is 1. The summed E-state index contributed by atoms with van der Waals surface area (Å²) in [5.41, 5.74) is 4.14. The van der Waals surface area contributed by atoms with E-state index in [1.807, 2.05) is 24.3 Å². The zero-order valence-electron chi connectivity index (χ0n) is 15.6. The molecule has 3 atom stereocenters. The minimum absolute atomic E-state index is 0.0311. The van der Waals surface area contributed by atoms with Gasteiger partial charge < -0.3 is 15.2 Å². The molecule has 5 nitrogen and oxygen atoms in total. The Bertz CT molecular complexity index is 910. The Kier molecular flexibility index (Phi) is 3.93. The van der Waals surface area contributed by atoms with Gasteiger partial charge in [0.15, 0.2) is 0 Å². The summed E-state index contributed by atoms with van der Waals surface area (Å²) in [4.78, 5) is 24.1. The highest BCUT2D eigenvalue weighted by molar-refractivity contribution is 5.79. The van der Waals surface area contributed by atoms with Crippen molar-refractivity contribution >= 4 is 12.1 Å². The zero-order valence-corrected chi connectivity index (χ0v) is 15.6. The van der Waals surface area contributed by atoms with Crippen LogP contribution in [0.25, 0.3) is 11.1 Å². The summed E-state index contributed by atoms with van der Waals surface area (Å²) in [5.74, 6) is -0.658. The Morgan fingerprint density at radius 3 is 2.14 bits per heavy atom. The topological polar surface area (TPSA) is 75.6 Å². The minimum atomic E-state index is -0.722. The second-order valence-corrected chi connectivity index (χ2v) is 8.22. The molecule has 5 heteroatoms. The first kappa shape index (κ1) is 17.3. The number of aliphatic carboxylic acids is 1. The number of fused-ring (bicyclic) bond motifs is 4. The van der Waals surface area contributed by atoms with Gasteiger partial charge in [0.1, 0.15) is 6.61 Å². The molecular weight excluding hydrogens is 354 g/mol. The van der Waals surface area contributed by atoms with Crippen molar-refractivity contribution < 1.29 is 19.4 Å². The van der Waals surface area contributed by atoms with E-state index in [0.29, 0.717) is 12.8 Å². The Labute approximate surface area is 163 Å². The van der Waals surface area contributed by atoms with Gasteiger partial charge in [0.2, 0.25) is 0 Å². The average molecular weight is 377 g/mol. The first-order valence-corrected chi connectivity index (χ1v) is 9.95. The standard InChI is InChI=1S/C23H23NO4/c25-21(26)23-11-9-19(23)20(10-12-23)24-22(27)28-13-18-16-7-3-1-5-14(16)15-6-2-4-8-17(15)18/h1-8,18-20H,9-13H2,(H,24,27)(H,25,26)/t19-,20+,23-/m0/s1. The molecule has 0 unspecified atom stereocenters. The van der Waals surface area contributed by atoms with Crippen molar-refractivity contribution in [3.63, 3.8) is 0 Å². The maximum absolute atomic E-state index is 12.4. The monoisotopic (exact) mass is 377 g/mol. The van der Waals surface area contributed by atoms with E-state index in [1.54, 1.807) is 0 Å². The highest BCUT2D eigenvalue weighted by atomic mass is 16.5. The number of nitrogens with one attached hydrogen (secondary N) is 1. The molecule has 2 aromatic carbocycles. The van der Waals surface area contributed by atoms with Gasteiger partial charge in [-0.15, -0.1) is 0 Å². The molecule has 0 aliphatic heterocycles. The van der Waals surface area contributed by atoms with Gasteiger partial charge in [0.25, 0.3) is 0 Å². The molecule has 2 fully saturated rings. The SMILES string of the molecule is O=C(N[C@@H]1CC[C@@]2(C(=O)O)CC[C@@H]12)OCC1c2ccccc2-c2ccccc21. The summed E-state index contributed by atoms with van der Waals surface area (Å²) < 4.78 is 5.61. The van der Waals surface area contributed by atoms with E-state index in [1.165, 1.54) is 22.3 Å². The van der Waals surface area contributed by atoms with Crippen molar-refractivity contribution in [3.05, 3.63) is 59.7 Å². The summed E-state index contributed by atoms with van der Waals surface area (Å²) in [6.07, 6.45) is 2.49. The molecule has 2 aromatic rings. The molecule has 2 saturated carbocycles. The summed E-state index contributed by atoms with van der Waals surface area (Å²) in [6.45, 7) is 0.279. The summed E-state index contributed by atoms with van der Waals surface area (Å²) in [7, 11) is 0. The number of carboxylic acid groups (broad SMARTS) is 1. The van der Waals surface area contributed by atoms with Crippen LogP contribution in [0.3, 0.4) is 0 Å². The number of ether oxygens (including phenoxy) is 1. The van der Waals surface area contributed by atoms with Gasteiger partial charge in [-0.25, -0.2) is 4.79 Å². The lowest BCUT2D eigenvalue weighted by Gasteiger charge is -2.43. The van der Waals surface area contributed by atoms with E-state index in [4.69, 9.17) is 4.74 Å². The molecule has 0 spiro atoms. The van der Waals surface area contributed by atoms with Crippen molar-refractivity contribution in [2.24, 2.45) is 11.3 Å². The lowest BCUT2D eigenvalue weighted by atomic mass is 9.61. The van der Waals surface area contributed by atoms with Gasteiger partial charge in [0.05, 0.1) is 5.41 Å². The van der Waals surface area contributed by atoms with E-state index in [2.05, 4.69) is 29.6 Å². The van der Waals surface area contributed by atoms with Crippen LogP contribution in [0.1, 0.15) is 42.7 Å². The van der Waals surface area contributed by atoms with Crippen molar-refractivity contribution in [2.45, 2.75) is 37.6 Å². The minimum Gasteiger partial charge on any atom is -0.481 e. The molecule has 0 bridgehead atoms. The molecule has 3 aliphatic carbocycles. The smallest absolute Gasteiger partial charge is 0.407 e. The predicted molar refractivity (Wildman–Crippen MR) is 104 cm³/mol. The number of hydrogen-bond donors (Lipinski definition) is 2. The summed E-state index contributed by atoms with van der Waals surface area (Å²) in [6, 6.07) is 16.4. The predicted octanol–water partition coefficient (Wildman–Crippen LogP) is 4.17. The van der Waals surface area contributed by atoms with Crippen LogP contribution in [0.4, 0.5) is 4.79 Å². The Hall–Kier alpha value is -2.82. The fraction of sp³-hybridized carbons (Fsp3) is 0.391. The van der Waals surface area contributed by atoms with Gasteiger partial charge in [-0.3, -0.25) is 4.79 Å². The zero-order chi connectivity index (χ0) is 19.3. The van der Waals surface area contributed by atoms with Crippen LogP contribution < -0.4 is 5.32 Å². The van der Waals surface area contributed by atoms with Crippen molar-refractivity contribution in [2.75, 3.05) is 6.61 Å². The largest absolute Gasteiger partial charge is 0.481 e. The first-order valence-electron chi connectivity index (χ1n) is 9.95. The maximum Gasteiger partial charge on any atom is 0.407 e. The molecule has 0 heterocycles. The molecular formula is C23H23NO4. The molecule has 0 radical (unpaired) electrons. The fourth-order valence-electron chi connectivity index (χ4n) is 5.51. The fourth-order valence-corrected chi connectivity index (χ4v) is 5.51. The number of rotatable bonds is 4. The van der Waals surface area contributed by atoms with E-state index >= 15 is 0 Å². The number of benzene rings is 2. The van der Waals surface area contributed by atoms with Crippen LogP contribution in [0.2, 0.25) is 0 Å². The molecule has 0 saturated heterocycles. The van der Waals surface area contributed by atoms with Gasteiger partial charge in [0, 0.05) is 12.0 Å². The van der Waals surface area contributed by atoms with Crippen LogP contribution in [0, 0.1) is 11.3 Å².